The molecule has 106 valence electrons. The van der Waals surface area contributed by atoms with Crippen LogP contribution in [-0.4, -0.2) is 26.4 Å². The molecule has 2 rings (SSSR count). The Morgan fingerprint density at radius 2 is 1.89 bits per heavy atom. The van der Waals surface area contributed by atoms with Crippen LogP contribution in [0.25, 0.3) is 0 Å². The summed E-state index contributed by atoms with van der Waals surface area (Å²) in [5.74, 6) is 1.52. The number of hydrogen-bond donors (Lipinski definition) is 1. The molecule has 1 saturated heterocycles. The lowest BCUT2D eigenvalue weighted by Gasteiger charge is -2.25. The molecule has 0 aliphatic carbocycles. The maximum atomic E-state index is 6.10. The third kappa shape index (κ3) is 3.61. The Labute approximate surface area is 114 Å². The summed E-state index contributed by atoms with van der Waals surface area (Å²) in [5.41, 5.74) is 6.75. The summed E-state index contributed by atoms with van der Waals surface area (Å²) in [6.07, 6.45) is 2.06. The number of methoxy groups -OCH3 is 1. The summed E-state index contributed by atoms with van der Waals surface area (Å²) in [6, 6.07) is 5.89. The average molecular weight is 265 g/mol. The second-order valence-electron chi connectivity index (χ2n) is 5.52. The lowest BCUT2D eigenvalue weighted by Crippen LogP contribution is -2.29. The standard InChI is InChI=1S/C15H23NO3/c1-15(2,16)11-4-5-13(14(10-11)17-3)19-12-6-8-18-9-7-12/h4-5,10,12H,6-9,16H2,1-3H3. The molecule has 19 heavy (non-hydrogen) atoms. The van der Waals surface area contributed by atoms with Crippen LogP contribution in [-0.2, 0) is 10.3 Å². The fourth-order valence-corrected chi connectivity index (χ4v) is 2.14. The lowest BCUT2D eigenvalue weighted by molar-refractivity contribution is 0.0245. The molecule has 0 amide bonds. The first-order chi connectivity index (χ1) is 9.00. The van der Waals surface area contributed by atoms with Crippen molar-refractivity contribution in [2.75, 3.05) is 20.3 Å². The highest BCUT2D eigenvalue weighted by Gasteiger charge is 2.20. The van der Waals surface area contributed by atoms with Crippen molar-refractivity contribution in [1.82, 2.24) is 0 Å². The second-order valence-corrected chi connectivity index (χ2v) is 5.52. The van der Waals surface area contributed by atoms with E-state index in [1.165, 1.54) is 0 Å². The largest absolute Gasteiger partial charge is 0.493 e. The summed E-state index contributed by atoms with van der Waals surface area (Å²) in [5, 5.41) is 0. The summed E-state index contributed by atoms with van der Waals surface area (Å²) in [7, 11) is 1.65. The molecule has 0 spiro atoms. The van der Waals surface area contributed by atoms with Gasteiger partial charge in [0.2, 0.25) is 0 Å². The van der Waals surface area contributed by atoms with Gasteiger partial charge in [0.05, 0.1) is 20.3 Å². The van der Waals surface area contributed by atoms with Crippen molar-refractivity contribution in [2.45, 2.75) is 38.3 Å². The Bertz CT molecular complexity index is 420. The Hall–Kier alpha value is -1.26. The molecule has 1 fully saturated rings. The molecule has 0 saturated carbocycles. The van der Waals surface area contributed by atoms with Gasteiger partial charge in [-0.25, -0.2) is 0 Å². The summed E-state index contributed by atoms with van der Waals surface area (Å²) < 4.78 is 16.7. The van der Waals surface area contributed by atoms with E-state index in [1.807, 2.05) is 32.0 Å². The van der Waals surface area contributed by atoms with Crippen LogP contribution < -0.4 is 15.2 Å². The Balaban J connectivity index is 2.16. The van der Waals surface area contributed by atoms with E-state index >= 15 is 0 Å². The molecular weight excluding hydrogens is 242 g/mol. The van der Waals surface area contributed by atoms with Crippen LogP contribution in [0.15, 0.2) is 18.2 Å². The molecule has 0 radical (unpaired) electrons. The van der Waals surface area contributed by atoms with Crippen molar-refractivity contribution in [3.8, 4) is 11.5 Å². The van der Waals surface area contributed by atoms with Gasteiger partial charge in [-0.05, 0) is 31.5 Å². The number of nitrogens with two attached hydrogens (primary N) is 1. The molecule has 1 heterocycles. The molecule has 4 nitrogen and oxygen atoms in total. The average Bonchev–Trinajstić information content (AvgIpc) is 2.39. The minimum absolute atomic E-state index is 0.208. The van der Waals surface area contributed by atoms with Crippen molar-refractivity contribution in [3.63, 3.8) is 0 Å². The zero-order chi connectivity index (χ0) is 13.9. The molecule has 1 aromatic rings. The fourth-order valence-electron chi connectivity index (χ4n) is 2.14. The van der Waals surface area contributed by atoms with Crippen LogP contribution in [0.2, 0.25) is 0 Å². The third-order valence-corrected chi connectivity index (χ3v) is 3.37. The maximum Gasteiger partial charge on any atom is 0.161 e. The molecular formula is C15H23NO3. The molecule has 0 aromatic heterocycles. The third-order valence-electron chi connectivity index (χ3n) is 3.37. The molecule has 0 bridgehead atoms. The van der Waals surface area contributed by atoms with E-state index in [1.54, 1.807) is 7.11 Å². The van der Waals surface area contributed by atoms with Gasteiger partial charge < -0.3 is 19.9 Å². The van der Waals surface area contributed by atoms with Crippen molar-refractivity contribution in [1.29, 1.82) is 0 Å². The number of benzene rings is 1. The predicted octanol–water partition coefficient (Wildman–Crippen LogP) is 2.45. The van der Waals surface area contributed by atoms with Gasteiger partial charge in [-0.1, -0.05) is 6.07 Å². The van der Waals surface area contributed by atoms with Crippen LogP contribution in [0.1, 0.15) is 32.3 Å². The highest BCUT2D eigenvalue weighted by Crippen LogP contribution is 2.33. The maximum absolute atomic E-state index is 6.10. The minimum atomic E-state index is -0.384. The van der Waals surface area contributed by atoms with Crippen LogP contribution >= 0.6 is 0 Å². The van der Waals surface area contributed by atoms with Gasteiger partial charge in [0, 0.05) is 18.4 Å². The summed E-state index contributed by atoms with van der Waals surface area (Å²) in [4.78, 5) is 0. The van der Waals surface area contributed by atoms with E-state index in [2.05, 4.69) is 0 Å². The van der Waals surface area contributed by atoms with E-state index in [-0.39, 0.29) is 11.6 Å². The number of ether oxygens (including phenoxy) is 3. The van der Waals surface area contributed by atoms with E-state index in [0.29, 0.717) is 0 Å². The zero-order valence-electron chi connectivity index (χ0n) is 11.9. The van der Waals surface area contributed by atoms with E-state index in [9.17, 15) is 0 Å². The highest BCUT2D eigenvalue weighted by atomic mass is 16.5. The minimum Gasteiger partial charge on any atom is -0.493 e. The molecule has 1 aliphatic rings. The van der Waals surface area contributed by atoms with E-state index in [4.69, 9.17) is 19.9 Å². The van der Waals surface area contributed by atoms with Gasteiger partial charge in [0.1, 0.15) is 6.10 Å². The van der Waals surface area contributed by atoms with Gasteiger partial charge >= 0.3 is 0 Å². The normalized spacial score (nSPS) is 17.3. The van der Waals surface area contributed by atoms with Gasteiger partial charge in [0.15, 0.2) is 11.5 Å². The SMILES string of the molecule is COc1cc(C(C)(C)N)ccc1OC1CCOCC1. The van der Waals surface area contributed by atoms with Crippen molar-refractivity contribution < 1.29 is 14.2 Å². The zero-order valence-corrected chi connectivity index (χ0v) is 11.9. The van der Waals surface area contributed by atoms with Gasteiger partial charge in [0.25, 0.3) is 0 Å². The number of rotatable bonds is 4. The van der Waals surface area contributed by atoms with Gasteiger partial charge in [-0.3, -0.25) is 0 Å². The first kappa shape index (κ1) is 14.2. The molecule has 1 aromatic carbocycles. The van der Waals surface area contributed by atoms with Crippen LogP contribution in [0.4, 0.5) is 0 Å². The van der Waals surface area contributed by atoms with E-state index in [0.717, 1.165) is 43.1 Å². The predicted molar refractivity (Wildman–Crippen MR) is 74.7 cm³/mol. The van der Waals surface area contributed by atoms with Gasteiger partial charge in [-0.15, -0.1) is 0 Å². The Morgan fingerprint density at radius 1 is 1.21 bits per heavy atom. The van der Waals surface area contributed by atoms with Crippen LogP contribution in [0, 0.1) is 0 Å². The topological polar surface area (TPSA) is 53.7 Å². The van der Waals surface area contributed by atoms with Crippen LogP contribution in [0.3, 0.4) is 0 Å². The van der Waals surface area contributed by atoms with Crippen molar-refractivity contribution >= 4 is 0 Å². The monoisotopic (exact) mass is 265 g/mol. The first-order valence-corrected chi connectivity index (χ1v) is 6.72. The molecule has 4 heteroatoms. The quantitative estimate of drug-likeness (QED) is 0.908. The molecule has 0 atom stereocenters. The smallest absolute Gasteiger partial charge is 0.161 e. The Morgan fingerprint density at radius 3 is 2.47 bits per heavy atom. The Kier molecular flexibility index (Phi) is 4.32. The summed E-state index contributed by atoms with van der Waals surface area (Å²) >= 11 is 0. The van der Waals surface area contributed by atoms with Crippen LogP contribution in [0.5, 0.6) is 11.5 Å². The molecule has 1 aliphatic heterocycles. The highest BCUT2D eigenvalue weighted by molar-refractivity contribution is 5.44. The first-order valence-electron chi connectivity index (χ1n) is 6.72. The van der Waals surface area contributed by atoms with E-state index < -0.39 is 0 Å². The summed E-state index contributed by atoms with van der Waals surface area (Å²) in [6.45, 7) is 5.48. The molecule has 2 N–H and O–H groups in total. The lowest BCUT2D eigenvalue weighted by atomic mass is 9.95. The van der Waals surface area contributed by atoms with Gasteiger partial charge in [-0.2, -0.15) is 0 Å². The number of hydrogen-bond acceptors (Lipinski definition) is 4. The molecule has 0 unspecified atom stereocenters. The van der Waals surface area contributed by atoms with Crippen molar-refractivity contribution in [3.05, 3.63) is 23.8 Å². The fraction of sp³-hybridized carbons (Fsp3) is 0.600. The van der Waals surface area contributed by atoms with Crippen molar-refractivity contribution in [2.24, 2.45) is 5.73 Å². The second kappa shape index (κ2) is 5.80.